The molecule has 2 saturated heterocycles. The lowest BCUT2D eigenvalue weighted by atomic mass is 10.1. The molecule has 0 radical (unpaired) electrons. The highest BCUT2D eigenvalue weighted by Gasteiger charge is 2.16. The zero-order chi connectivity index (χ0) is 15.5. The fourth-order valence-electron chi connectivity index (χ4n) is 2.67. The molecule has 0 bridgehead atoms. The Labute approximate surface area is 162 Å². The third kappa shape index (κ3) is 9.36. The number of hydrogen-bond acceptors (Lipinski definition) is 4. The maximum Gasteiger partial charge on any atom is 0.191 e. The van der Waals surface area contributed by atoms with E-state index in [1.54, 1.807) is 0 Å². The molecule has 7 heteroatoms. The summed E-state index contributed by atoms with van der Waals surface area (Å²) >= 11 is 2.06. The molecule has 2 unspecified atom stereocenters. The lowest BCUT2D eigenvalue weighted by Gasteiger charge is -2.13. The van der Waals surface area contributed by atoms with Gasteiger partial charge >= 0.3 is 0 Å². The summed E-state index contributed by atoms with van der Waals surface area (Å²) in [5, 5.41) is 7.43. The highest BCUT2D eigenvalue weighted by atomic mass is 127. The average Bonchev–Trinajstić information content (AvgIpc) is 3.21. The van der Waals surface area contributed by atoms with Crippen molar-refractivity contribution in [2.45, 2.75) is 37.9 Å². The molecule has 0 aromatic heterocycles. The second-order valence-electron chi connectivity index (χ2n) is 5.94. The molecule has 2 rings (SSSR count). The van der Waals surface area contributed by atoms with Gasteiger partial charge < -0.3 is 20.1 Å². The molecular weight excluding hydrogens is 425 g/mol. The Balaban J connectivity index is 0.00000264. The summed E-state index contributed by atoms with van der Waals surface area (Å²) in [6.07, 6.45) is 4.81. The number of nitrogens with one attached hydrogen (secondary N) is 2. The molecule has 0 amide bonds. The molecule has 0 aliphatic carbocycles. The molecule has 0 aromatic rings. The number of guanidine groups is 1. The van der Waals surface area contributed by atoms with Crippen LogP contribution in [0.1, 0.15) is 32.6 Å². The first-order valence-electron chi connectivity index (χ1n) is 8.67. The van der Waals surface area contributed by atoms with Crippen LogP contribution < -0.4 is 10.6 Å². The zero-order valence-corrected chi connectivity index (χ0v) is 17.4. The van der Waals surface area contributed by atoms with Crippen LogP contribution in [0, 0.1) is 5.92 Å². The fraction of sp³-hybridized carbons (Fsp3) is 0.938. The monoisotopic (exact) mass is 457 g/mol. The lowest BCUT2D eigenvalue weighted by Crippen LogP contribution is -2.38. The summed E-state index contributed by atoms with van der Waals surface area (Å²) in [6.45, 7) is 8.26. The van der Waals surface area contributed by atoms with Gasteiger partial charge in [0.25, 0.3) is 0 Å². The van der Waals surface area contributed by atoms with E-state index in [2.05, 4.69) is 29.3 Å². The van der Waals surface area contributed by atoms with Gasteiger partial charge in [0.15, 0.2) is 5.96 Å². The first-order valence-corrected chi connectivity index (χ1v) is 9.72. The molecule has 136 valence electrons. The number of rotatable bonds is 9. The van der Waals surface area contributed by atoms with Crippen LogP contribution in [0.15, 0.2) is 4.99 Å². The van der Waals surface area contributed by atoms with Crippen LogP contribution in [0.2, 0.25) is 0 Å². The van der Waals surface area contributed by atoms with Gasteiger partial charge in [-0.05, 0) is 38.4 Å². The van der Waals surface area contributed by atoms with Gasteiger partial charge in [-0.15, -0.1) is 24.0 Å². The number of ether oxygens (including phenoxy) is 2. The summed E-state index contributed by atoms with van der Waals surface area (Å²) in [5.74, 6) is 2.85. The Bertz CT molecular complexity index is 322. The third-order valence-electron chi connectivity index (χ3n) is 3.96. The molecule has 0 saturated carbocycles. The summed E-state index contributed by atoms with van der Waals surface area (Å²) in [5.41, 5.74) is 0. The van der Waals surface area contributed by atoms with Crippen LogP contribution in [0.5, 0.6) is 0 Å². The first-order chi connectivity index (χ1) is 10.9. The van der Waals surface area contributed by atoms with E-state index in [-0.39, 0.29) is 24.0 Å². The summed E-state index contributed by atoms with van der Waals surface area (Å²) < 4.78 is 11.1. The third-order valence-corrected chi connectivity index (χ3v) is 5.34. The van der Waals surface area contributed by atoms with E-state index in [1.165, 1.54) is 18.6 Å². The van der Waals surface area contributed by atoms with E-state index in [0.717, 1.165) is 64.9 Å². The Hall–Kier alpha value is 0.270. The fourth-order valence-corrected chi connectivity index (χ4v) is 3.85. The van der Waals surface area contributed by atoms with Crippen molar-refractivity contribution in [2.75, 3.05) is 51.8 Å². The minimum Gasteiger partial charge on any atom is -0.381 e. The van der Waals surface area contributed by atoms with Gasteiger partial charge in [-0.25, -0.2) is 0 Å². The number of hydrogen-bond donors (Lipinski definition) is 2. The van der Waals surface area contributed by atoms with Crippen molar-refractivity contribution in [1.29, 1.82) is 0 Å². The van der Waals surface area contributed by atoms with Crippen LogP contribution in [0.3, 0.4) is 0 Å². The van der Waals surface area contributed by atoms with Crippen molar-refractivity contribution in [3.05, 3.63) is 0 Å². The van der Waals surface area contributed by atoms with Crippen molar-refractivity contribution in [2.24, 2.45) is 10.9 Å². The largest absolute Gasteiger partial charge is 0.381 e. The molecule has 0 aromatic carbocycles. The van der Waals surface area contributed by atoms with Crippen molar-refractivity contribution in [3.8, 4) is 0 Å². The maximum absolute atomic E-state index is 5.72. The van der Waals surface area contributed by atoms with E-state index in [1.807, 2.05) is 0 Å². The maximum atomic E-state index is 5.72. The van der Waals surface area contributed by atoms with Crippen molar-refractivity contribution >= 4 is 41.7 Å². The Morgan fingerprint density at radius 1 is 1.35 bits per heavy atom. The van der Waals surface area contributed by atoms with Crippen LogP contribution >= 0.6 is 35.7 Å². The predicted octanol–water partition coefficient (Wildman–Crippen LogP) is 2.50. The van der Waals surface area contributed by atoms with E-state index in [9.17, 15) is 0 Å². The molecule has 2 aliphatic heterocycles. The Morgan fingerprint density at radius 2 is 2.26 bits per heavy atom. The molecule has 0 spiro atoms. The highest BCUT2D eigenvalue weighted by molar-refractivity contribution is 14.0. The molecule has 23 heavy (non-hydrogen) atoms. The molecular formula is C16H32IN3O2S. The first kappa shape index (κ1) is 21.3. The van der Waals surface area contributed by atoms with E-state index in [0.29, 0.717) is 11.2 Å². The van der Waals surface area contributed by atoms with Gasteiger partial charge in [-0.1, -0.05) is 0 Å². The predicted molar refractivity (Wildman–Crippen MR) is 109 cm³/mol. The molecule has 2 N–H and O–H groups in total. The quantitative estimate of drug-likeness (QED) is 0.241. The average molecular weight is 457 g/mol. The van der Waals surface area contributed by atoms with Gasteiger partial charge in [-0.2, -0.15) is 11.8 Å². The van der Waals surface area contributed by atoms with Crippen LogP contribution in [0.25, 0.3) is 0 Å². The van der Waals surface area contributed by atoms with E-state index in [4.69, 9.17) is 14.5 Å². The van der Waals surface area contributed by atoms with E-state index < -0.39 is 0 Å². The molecule has 2 fully saturated rings. The smallest absolute Gasteiger partial charge is 0.191 e. The molecule has 2 aliphatic rings. The molecule has 5 nitrogen and oxygen atoms in total. The van der Waals surface area contributed by atoms with Crippen LogP contribution in [-0.4, -0.2) is 63.0 Å². The number of aliphatic imine (C=N–C) groups is 1. The summed E-state index contributed by atoms with van der Waals surface area (Å²) in [7, 11) is 0. The second-order valence-corrected chi connectivity index (χ2v) is 7.35. The molecule has 2 atom stereocenters. The Kier molecular flexibility index (Phi) is 12.6. The van der Waals surface area contributed by atoms with Gasteiger partial charge in [0.05, 0.1) is 19.8 Å². The van der Waals surface area contributed by atoms with E-state index >= 15 is 0 Å². The minimum atomic E-state index is 0. The zero-order valence-electron chi connectivity index (χ0n) is 14.2. The van der Waals surface area contributed by atoms with Crippen molar-refractivity contribution in [3.63, 3.8) is 0 Å². The van der Waals surface area contributed by atoms with Gasteiger partial charge in [0.1, 0.15) is 0 Å². The topological polar surface area (TPSA) is 54.9 Å². The van der Waals surface area contributed by atoms with Gasteiger partial charge in [0.2, 0.25) is 0 Å². The van der Waals surface area contributed by atoms with Gasteiger partial charge in [0, 0.05) is 37.5 Å². The highest BCUT2D eigenvalue weighted by Crippen LogP contribution is 2.25. The van der Waals surface area contributed by atoms with Crippen molar-refractivity contribution < 1.29 is 9.47 Å². The van der Waals surface area contributed by atoms with Crippen LogP contribution in [-0.2, 0) is 9.47 Å². The van der Waals surface area contributed by atoms with Crippen molar-refractivity contribution in [1.82, 2.24) is 10.6 Å². The standard InChI is InChI=1S/C16H31N3O2S.HI/c1-2-17-16(19-11-15-5-3-10-22-15)18-7-4-8-20-12-14-6-9-21-13-14;/h14-15H,2-13H2,1H3,(H2,17,18,19);1H. The minimum absolute atomic E-state index is 0. The van der Waals surface area contributed by atoms with Crippen LogP contribution in [0.4, 0.5) is 0 Å². The SMILES string of the molecule is CCNC(=NCC1CCCS1)NCCCOCC1CCOC1.I. The summed E-state index contributed by atoms with van der Waals surface area (Å²) in [4.78, 5) is 4.69. The number of thioether (sulfide) groups is 1. The van der Waals surface area contributed by atoms with Gasteiger partial charge in [-0.3, -0.25) is 4.99 Å². The second kappa shape index (κ2) is 13.5. The molecule has 2 heterocycles. The Morgan fingerprint density at radius 3 is 2.96 bits per heavy atom. The summed E-state index contributed by atoms with van der Waals surface area (Å²) in [6, 6.07) is 0. The normalized spacial score (nSPS) is 24.5. The number of nitrogens with zero attached hydrogens (tertiary/aromatic N) is 1. The number of halogens is 1. The lowest BCUT2D eigenvalue weighted by molar-refractivity contribution is 0.0888.